The number of anilines is 1. The molecule has 0 bridgehead atoms. The van der Waals surface area contributed by atoms with Gasteiger partial charge in [0.1, 0.15) is 5.54 Å². The third-order valence-electron chi connectivity index (χ3n) is 4.15. The molecule has 1 rings (SSSR count). The SMILES string of the molecule is CCCN(CC)c1ccc(C(=O)NC(C)(CCC)C(=O)OC)cc1. The van der Waals surface area contributed by atoms with E-state index < -0.39 is 11.5 Å². The quantitative estimate of drug-likeness (QED) is 0.703. The van der Waals surface area contributed by atoms with Gasteiger partial charge in [-0.15, -0.1) is 0 Å². The fourth-order valence-electron chi connectivity index (χ4n) is 2.83. The van der Waals surface area contributed by atoms with Gasteiger partial charge in [0.15, 0.2) is 0 Å². The number of amides is 1. The minimum atomic E-state index is -1.00. The van der Waals surface area contributed by atoms with Crippen molar-refractivity contribution in [2.75, 3.05) is 25.1 Å². The van der Waals surface area contributed by atoms with Gasteiger partial charge >= 0.3 is 5.97 Å². The van der Waals surface area contributed by atoms with Crippen molar-refractivity contribution < 1.29 is 14.3 Å². The largest absolute Gasteiger partial charge is 0.467 e. The van der Waals surface area contributed by atoms with Crippen LogP contribution in [0, 0.1) is 0 Å². The molecule has 5 nitrogen and oxygen atoms in total. The lowest BCUT2D eigenvalue weighted by Gasteiger charge is -2.27. The number of methoxy groups -OCH3 is 1. The molecule has 1 atom stereocenters. The highest BCUT2D eigenvalue weighted by molar-refractivity contribution is 5.98. The first-order valence-electron chi connectivity index (χ1n) is 8.67. The number of rotatable bonds is 9. The van der Waals surface area contributed by atoms with Crippen molar-refractivity contribution in [1.82, 2.24) is 5.32 Å². The topological polar surface area (TPSA) is 58.6 Å². The number of hydrogen-bond donors (Lipinski definition) is 1. The Morgan fingerprint density at radius 1 is 1.12 bits per heavy atom. The summed E-state index contributed by atoms with van der Waals surface area (Å²) < 4.78 is 4.84. The van der Waals surface area contributed by atoms with E-state index in [1.54, 1.807) is 19.1 Å². The molecule has 5 heteroatoms. The minimum Gasteiger partial charge on any atom is -0.467 e. The number of nitrogens with one attached hydrogen (secondary N) is 1. The highest BCUT2D eigenvalue weighted by atomic mass is 16.5. The number of benzene rings is 1. The molecule has 1 aromatic carbocycles. The van der Waals surface area contributed by atoms with Crippen LogP contribution in [0.3, 0.4) is 0 Å². The first-order valence-corrected chi connectivity index (χ1v) is 8.67. The zero-order valence-electron chi connectivity index (χ0n) is 15.5. The van der Waals surface area contributed by atoms with Crippen LogP contribution in [0.1, 0.15) is 57.3 Å². The van der Waals surface area contributed by atoms with Crippen LogP contribution in [0.2, 0.25) is 0 Å². The number of hydrogen-bond acceptors (Lipinski definition) is 4. The highest BCUT2D eigenvalue weighted by Crippen LogP contribution is 2.18. The van der Waals surface area contributed by atoms with Gasteiger partial charge in [0.2, 0.25) is 0 Å². The lowest BCUT2D eigenvalue weighted by Crippen LogP contribution is -2.52. The summed E-state index contributed by atoms with van der Waals surface area (Å²) in [5.41, 5.74) is 0.634. The molecule has 0 aliphatic rings. The molecule has 1 N–H and O–H groups in total. The first kappa shape index (κ1) is 20.0. The molecular weight excluding hydrogens is 304 g/mol. The highest BCUT2D eigenvalue weighted by Gasteiger charge is 2.35. The average molecular weight is 334 g/mol. The minimum absolute atomic E-state index is 0.263. The summed E-state index contributed by atoms with van der Waals surface area (Å²) in [4.78, 5) is 26.8. The Hall–Kier alpha value is -2.04. The molecule has 0 saturated heterocycles. The van der Waals surface area contributed by atoms with Crippen molar-refractivity contribution in [1.29, 1.82) is 0 Å². The molecule has 0 fully saturated rings. The second-order valence-electron chi connectivity index (χ2n) is 6.15. The lowest BCUT2D eigenvalue weighted by molar-refractivity contribution is -0.147. The zero-order chi connectivity index (χ0) is 18.2. The van der Waals surface area contributed by atoms with Crippen molar-refractivity contribution in [3.8, 4) is 0 Å². The van der Waals surface area contributed by atoms with E-state index in [4.69, 9.17) is 4.74 Å². The van der Waals surface area contributed by atoms with Crippen molar-refractivity contribution in [2.24, 2.45) is 0 Å². The summed E-state index contributed by atoms with van der Waals surface area (Å²) >= 11 is 0. The molecule has 0 heterocycles. The van der Waals surface area contributed by atoms with Gasteiger partial charge in [-0.05, 0) is 51.0 Å². The third kappa shape index (κ3) is 4.98. The van der Waals surface area contributed by atoms with E-state index in [-0.39, 0.29) is 5.91 Å². The maximum atomic E-state index is 12.5. The van der Waals surface area contributed by atoms with Crippen LogP contribution in [0.5, 0.6) is 0 Å². The predicted octanol–water partition coefficient (Wildman–Crippen LogP) is 3.38. The number of carbonyl (C=O) groups excluding carboxylic acids is 2. The first-order chi connectivity index (χ1) is 11.4. The molecule has 0 saturated carbocycles. The zero-order valence-corrected chi connectivity index (χ0v) is 15.5. The van der Waals surface area contributed by atoms with Crippen LogP contribution in [-0.2, 0) is 9.53 Å². The fourth-order valence-corrected chi connectivity index (χ4v) is 2.83. The van der Waals surface area contributed by atoms with Crippen LogP contribution in [0.4, 0.5) is 5.69 Å². The fraction of sp³-hybridized carbons (Fsp3) is 0.579. The predicted molar refractivity (Wildman–Crippen MR) is 97.4 cm³/mol. The maximum absolute atomic E-state index is 12.5. The van der Waals surface area contributed by atoms with Crippen molar-refractivity contribution in [3.63, 3.8) is 0 Å². The number of ether oxygens (including phenoxy) is 1. The average Bonchev–Trinajstić information content (AvgIpc) is 2.59. The van der Waals surface area contributed by atoms with Crippen molar-refractivity contribution >= 4 is 17.6 Å². The van der Waals surface area contributed by atoms with Gasteiger partial charge in [-0.2, -0.15) is 0 Å². The summed E-state index contributed by atoms with van der Waals surface area (Å²) in [6.45, 7) is 9.84. The second-order valence-corrected chi connectivity index (χ2v) is 6.15. The van der Waals surface area contributed by atoms with Gasteiger partial charge in [-0.1, -0.05) is 20.3 Å². The van der Waals surface area contributed by atoms with E-state index in [0.29, 0.717) is 12.0 Å². The van der Waals surface area contributed by atoms with Gasteiger partial charge in [0.25, 0.3) is 5.91 Å². The Morgan fingerprint density at radius 2 is 1.75 bits per heavy atom. The summed E-state index contributed by atoms with van der Waals surface area (Å²) in [6, 6.07) is 7.49. The molecule has 1 unspecified atom stereocenters. The monoisotopic (exact) mass is 334 g/mol. The summed E-state index contributed by atoms with van der Waals surface area (Å²) in [5.74, 6) is -0.684. The normalized spacial score (nSPS) is 13.0. The second kappa shape index (κ2) is 9.30. The Morgan fingerprint density at radius 3 is 2.21 bits per heavy atom. The number of esters is 1. The van der Waals surface area contributed by atoms with Crippen LogP contribution in [-0.4, -0.2) is 37.6 Å². The van der Waals surface area contributed by atoms with Crippen molar-refractivity contribution in [2.45, 2.75) is 52.5 Å². The van der Waals surface area contributed by atoms with E-state index in [2.05, 4.69) is 24.1 Å². The van der Waals surface area contributed by atoms with E-state index in [0.717, 1.165) is 31.6 Å². The Bertz CT molecular complexity index is 542. The Balaban J connectivity index is 2.89. The van der Waals surface area contributed by atoms with Crippen LogP contribution >= 0.6 is 0 Å². The summed E-state index contributed by atoms with van der Waals surface area (Å²) in [5, 5.41) is 2.82. The van der Waals surface area contributed by atoms with E-state index in [9.17, 15) is 9.59 Å². The van der Waals surface area contributed by atoms with E-state index in [1.807, 2.05) is 19.1 Å². The standard InChI is InChI=1S/C19H30N2O3/c1-6-13-19(4,18(23)24-5)20-17(22)15-9-11-16(12-10-15)21(8-3)14-7-2/h9-12H,6-8,13-14H2,1-5H3,(H,20,22). The lowest BCUT2D eigenvalue weighted by atomic mass is 9.95. The smallest absolute Gasteiger partial charge is 0.331 e. The summed E-state index contributed by atoms with van der Waals surface area (Å²) in [7, 11) is 1.34. The molecular formula is C19H30N2O3. The van der Waals surface area contributed by atoms with Crippen LogP contribution in [0.15, 0.2) is 24.3 Å². The van der Waals surface area contributed by atoms with Crippen LogP contribution in [0.25, 0.3) is 0 Å². The Kier molecular flexibility index (Phi) is 7.75. The van der Waals surface area contributed by atoms with Gasteiger partial charge in [-0.3, -0.25) is 4.79 Å². The van der Waals surface area contributed by atoms with Gasteiger partial charge in [-0.25, -0.2) is 4.79 Å². The molecule has 0 aliphatic carbocycles. The number of nitrogens with zero attached hydrogens (tertiary/aromatic N) is 1. The Labute approximate surface area is 145 Å². The summed E-state index contributed by atoms with van der Waals surface area (Å²) in [6.07, 6.45) is 2.38. The molecule has 0 radical (unpaired) electrons. The van der Waals surface area contributed by atoms with Crippen molar-refractivity contribution in [3.05, 3.63) is 29.8 Å². The molecule has 134 valence electrons. The number of carbonyl (C=O) groups is 2. The van der Waals surface area contributed by atoms with Gasteiger partial charge in [0, 0.05) is 24.3 Å². The molecule has 0 aromatic heterocycles. The van der Waals surface area contributed by atoms with Gasteiger partial charge in [0.05, 0.1) is 7.11 Å². The third-order valence-corrected chi connectivity index (χ3v) is 4.15. The van der Waals surface area contributed by atoms with E-state index in [1.165, 1.54) is 7.11 Å². The molecule has 24 heavy (non-hydrogen) atoms. The van der Waals surface area contributed by atoms with E-state index >= 15 is 0 Å². The van der Waals surface area contributed by atoms with Crippen LogP contribution < -0.4 is 10.2 Å². The molecule has 1 amide bonds. The molecule has 1 aromatic rings. The van der Waals surface area contributed by atoms with Gasteiger partial charge < -0.3 is 15.0 Å². The molecule has 0 spiro atoms. The maximum Gasteiger partial charge on any atom is 0.331 e. The molecule has 0 aliphatic heterocycles.